The third-order valence-corrected chi connectivity index (χ3v) is 5.97. The Morgan fingerprint density at radius 3 is 2.62 bits per heavy atom. The summed E-state index contributed by atoms with van der Waals surface area (Å²) in [6.45, 7) is 0.348. The van der Waals surface area contributed by atoms with Gasteiger partial charge in [0.1, 0.15) is 10.8 Å². The van der Waals surface area contributed by atoms with Gasteiger partial charge in [0.25, 0.3) is 10.0 Å². The molecule has 1 amide bonds. The van der Waals surface area contributed by atoms with E-state index in [0.29, 0.717) is 30.4 Å². The zero-order valence-electron chi connectivity index (χ0n) is 14.4. The summed E-state index contributed by atoms with van der Waals surface area (Å²) in [6, 6.07) is 7.97. The zero-order chi connectivity index (χ0) is 19.0. The summed E-state index contributed by atoms with van der Waals surface area (Å²) in [6.07, 6.45) is 0. The van der Waals surface area contributed by atoms with E-state index in [4.69, 9.17) is 14.2 Å². The number of rotatable bonds is 10. The van der Waals surface area contributed by atoms with Gasteiger partial charge in [-0.2, -0.15) is 0 Å². The van der Waals surface area contributed by atoms with Gasteiger partial charge in [0.2, 0.25) is 5.91 Å². The standard InChI is InChI=1S/C16H20N2O6S2/c1-22-7-8-24-14-10-12(5-6-13(14)23-2)18-15(19)11-17-26(20,21)16-4-3-9-25-16/h3-6,9-10,17H,7-8,11H2,1-2H3,(H,18,19). The largest absolute Gasteiger partial charge is 0.493 e. The molecule has 0 spiro atoms. The molecule has 0 radical (unpaired) electrons. The Morgan fingerprint density at radius 2 is 1.96 bits per heavy atom. The fraction of sp³-hybridized carbons (Fsp3) is 0.312. The van der Waals surface area contributed by atoms with Crippen molar-refractivity contribution in [2.24, 2.45) is 0 Å². The molecule has 0 aliphatic heterocycles. The molecule has 1 aromatic heterocycles. The van der Waals surface area contributed by atoms with Crippen LogP contribution in [0.4, 0.5) is 5.69 Å². The van der Waals surface area contributed by atoms with E-state index < -0.39 is 15.9 Å². The van der Waals surface area contributed by atoms with E-state index in [1.54, 1.807) is 36.8 Å². The summed E-state index contributed by atoms with van der Waals surface area (Å²) >= 11 is 1.08. The molecule has 8 nitrogen and oxygen atoms in total. The van der Waals surface area contributed by atoms with E-state index in [1.807, 2.05) is 0 Å². The van der Waals surface area contributed by atoms with Gasteiger partial charge in [0.05, 0.1) is 20.3 Å². The first kappa shape index (κ1) is 20.2. The average molecular weight is 400 g/mol. The smallest absolute Gasteiger partial charge is 0.250 e. The monoisotopic (exact) mass is 400 g/mol. The maximum Gasteiger partial charge on any atom is 0.250 e. The number of hydrogen-bond acceptors (Lipinski definition) is 7. The van der Waals surface area contributed by atoms with Crippen LogP contribution in [0.15, 0.2) is 39.9 Å². The first-order valence-electron chi connectivity index (χ1n) is 7.59. The minimum absolute atomic E-state index is 0.156. The number of methoxy groups -OCH3 is 2. The van der Waals surface area contributed by atoms with Gasteiger partial charge in [0.15, 0.2) is 11.5 Å². The molecule has 2 aromatic rings. The van der Waals surface area contributed by atoms with Crippen LogP contribution in [-0.4, -0.2) is 48.3 Å². The Hall–Kier alpha value is -2.14. The van der Waals surface area contributed by atoms with Gasteiger partial charge >= 0.3 is 0 Å². The van der Waals surface area contributed by atoms with Crippen molar-refractivity contribution in [2.45, 2.75) is 4.21 Å². The summed E-state index contributed by atoms with van der Waals surface area (Å²) in [5, 5.41) is 4.26. The summed E-state index contributed by atoms with van der Waals surface area (Å²) in [5.74, 6) is 0.456. The van der Waals surface area contributed by atoms with Gasteiger partial charge in [-0.1, -0.05) is 6.07 Å². The number of hydrogen-bond donors (Lipinski definition) is 2. The second-order valence-electron chi connectivity index (χ2n) is 5.01. The van der Waals surface area contributed by atoms with Crippen molar-refractivity contribution in [1.29, 1.82) is 0 Å². The highest BCUT2D eigenvalue weighted by atomic mass is 32.2. The van der Waals surface area contributed by atoms with Gasteiger partial charge < -0.3 is 19.5 Å². The fourth-order valence-corrected chi connectivity index (χ4v) is 3.98. The first-order valence-corrected chi connectivity index (χ1v) is 9.95. The molecule has 1 aromatic carbocycles. The van der Waals surface area contributed by atoms with Crippen molar-refractivity contribution in [3.05, 3.63) is 35.7 Å². The second-order valence-corrected chi connectivity index (χ2v) is 7.95. The number of anilines is 1. The van der Waals surface area contributed by atoms with Crippen molar-refractivity contribution >= 4 is 33.0 Å². The number of carbonyl (C=O) groups excluding carboxylic acids is 1. The van der Waals surface area contributed by atoms with E-state index in [2.05, 4.69) is 10.0 Å². The van der Waals surface area contributed by atoms with Crippen molar-refractivity contribution < 1.29 is 27.4 Å². The number of nitrogens with one attached hydrogen (secondary N) is 2. The van der Waals surface area contributed by atoms with Crippen LogP contribution in [0.25, 0.3) is 0 Å². The lowest BCUT2D eigenvalue weighted by atomic mass is 10.2. The zero-order valence-corrected chi connectivity index (χ0v) is 16.0. The molecule has 2 N–H and O–H groups in total. The topological polar surface area (TPSA) is 103 Å². The van der Waals surface area contributed by atoms with Gasteiger partial charge in [-0.15, -0.1) is 11.3 Å². The van der Waals surface area contributed by atoms with E-state index in [1.165, 1.54) is 13.2 Å². The van der Waals surface area contributed by atoms with Crippen LogP contribution in [-0.2, 0) is 19.6 Å². The van der Waals surface area contributed by atoms with Crippen LogP contribution in [0.3, 0.4) is 0 Å². The molecule has 142 valence electrons. The highest BCUT2D eigenvalue weighted by molar-refractivity contribution is 7.91. The van der Waals surface area contributed by atoms with Gasteiger partial charge in [-0.25, -0.2) is 13.1 Å². The molecule has 10 heteroatoms. The minimum atomic E-state index is -3.69. The number of thiophene rings is 1. The lowest BCUT2D eigenvalue weighted by molar-refractivity contribution is -0.115. The number of amides is 1. The Balaban J connectivity index is 1.96. The summed E-state index contributed by atoms with van der Waals surface area (Å²) in [7, 11) is -0.615. The molecule has 0 aliphatic rings. The van der Waals surface area contributed by atoms with Crippen LogP contribution in [0, 0.1) is 0 Å². The maximum absolute atomic E-state index is 12.0. The third-order valence-electron chi connectivity index (χ3n) is 3.18. The van der Waals surface area contributed by atoms with Crippen LogP contribution < -0.4 is 19.5 Å². The molecule has 0 saturated heterocycles. The second kappa shape index (κ2) is 9.53. The van der Waals surface area contributed by atoms with E-state index in [0.717, 1.165) is 11.3 Å². The van der Waals surface area contributed by atoms with Crippen LogP contribution in [0.2, 0.25) is 0 Å². The summed E-state index contributed by atoms with van der Waals surface area (Å²) in [4.78, 5) is 12.0. The van der Waals surface area contributed by atoms with Crippen LogP contribution in [0.1, 0.15) is 0 Å². The Morgan fingerprint density at radius 1 is 1.15 bits per heavy atom. The number of benzene rings is 1. The summed E-state index contributed by atoms with van der Waals surface area (Å²) in [5.41, 5.74) is 0.457. The van der Waals surface area contributed by atoms with Crippen molar-refractivity contribution in [3.63, 3.8) is 0 Å². The lowest BCUT2D eigenvalue weighted by Gasteiger charge is -2.13. The van der Waals surface area contributed by atoms with Crippen LogP contribution >= 0.6 is 11.3 Å². The van der Waals surface area contributed by atoms with Crippen LogP contribution in [0.5, 0.6) is 11.5 Å². The van der Waals surface area contributed by atoms with E-state index >= 15 is 0 Å². The van der Waals surface area contributed by atoms with Crippen molar-refractivity contribution in [1.82, 2.24) is 4.72 Å². The molecule has 0 bridgehead atoms. The average Bonchev–Trinajstić information content (AvgIpc) is 3.16. The summed E-state index contributed by atoms with van der Waals surface area (Å²) < 4.78 is 42.1. The highest BCUT2D eigenvalue weighted by Crippen LogP contribution is 2.30. The van der Waals surface area contributed by atoms with Crippen molar-refractivity contribution in [2.75, 3.05) is 39.3 Å². The number of sulfonamides is 1. The molecule has 0 fully saturated rings. The normalized spacial score (nSPS) is 11.2. The number of ether oxygens (including phenoxy) is 3. The number of carbonyl (C=O) groups is 1. The van der Waals surface area contributed by atoms with Gasteiger partial charge in [-0.05, 0) is 23.6 Å². The van der Waals surface area contributed by atoms with Gasteiger partial charge in [0, 0.05) is 18.9 Å². The predicted molar refractivity (Wildman–Crippen MR) is 98.5 cm³/mol. The molecule has 0 saturated carbocycles. The molecule has 2 rings (SSSR count). The quantitative estimate of drug-likeness (QED) is 0.589. The Kier molecular flexibility index (Phi) is 7.39. The fourth-order valence-electron chi connectivity index (χ4n) is 1.96. The lowest BCUT2D eigenvalue weighted by Crippen LogP contribution is -2.32. The van der Waals surface area contributed by atoms with E-state index in [9.17, 15) is 13.2 Å². The van der Waals surface area contributed by atoms with Crippen molar-refractivity contribution in [3.8, 4) is 11.5 Å². The molecule has 0 atom stereocenters. The van der Waals surface area contributed by atoms with E-state index in [-0.39, 0.29) is 10.8 Å². The molecule has 0 aliphatic carbocycles. The third kappa shape index (κ3) is 5.70. The molecular weight excluding hydrogens is 380 g/mol. The Labute approximate surface area is 156 Å². The maximum atomic E-state index is 12.0. The van der Waals surface area contributed by atoms with Gasteiger partial charge in [-0.3, -0.25) is 4.79 Å². The molecule has 1 heterocycles. The highest BCUT2D eigenvalue weighted by Gasteiger charge is 2.16. The first-order chi connectivity index (χ1) is 12.5. The minimum Gasteiger partial charge on any atom is -0.493 e. The molecule has 26 heavy (non-hydrogen) atoms. The predicted octanol–water partition coefficient (Wildman–Crippen LogP) is 1.70. The molecule has 0 unspecified atom stereocenters. The SMILES string of the molecule is COCCOc1cc(NC(=O)CNS(=O)(=O)c2cccs2)ccc1OC. The Bertz CT molecular complexity index is 821. The molecular formula is C16H20N2O6S2.